The third kappa shape index (κ3) is 6.29. The van der Waals surface area contributed by atoms with Crippen LogP contribution in [0, 0.1) is 0 Å². The first-order valence-electron chi connectivity index (χ1n) is 4.96. The lowest BCUT2D eigenvalue weighted by atomic mass is 10.2. The molecule has 0 radical (unpaired) electrons. The molecule has 4 nitrogen and oxygen atoms in total. The van der Waals surface area contributed by atoms with E-state index in [0.29, 0.717) is 23.0 Å². The average molecular weight is 242 g/mol. The fourth-order valence-electron chi connectivity index (χ4n) is 0.931. The molecule has 0 aliphatic heterocycles. The number of hydrogen-bond acceptors (Lipinski definition) is 4. The van der Waals surface area contributed by atoms with Gasteiger partial charge >= 0.3 is 5.97 Å². The number of aliphatic imine (C=N–C) groups is 1. The molecular formula is C11H18N2O2S. The van der Waals surface area contributed by atoms with Crippen molar-refractivity contribution in [2.75, 3.05) is 19.4 Å². The van der Waals surface area contributed by atoms with E-state index in [-0.39, 0.29) is 5.97 Å². The van der Waals surface area contributed by atoms with Crippen molar-refractivity contribution in [2.24, 2.45) is 10.7 Å². The molecule has 90 valence electrons. The third-order valence-electron chi connectivity index (χ3n) is 1.65. The van der Waals surface area contributed by atoms with Crippen molar-refractivity contribution >= 4 is 22.9 Å². The van der Waals surface area contributed by atoms with E-state index in [9.17, 15) is 4.79 Å². The van der Waals surface area contributed by atoms with Crippen molar-refractivity contribution in [1.82, 2.24) is 0 Å². The van der Waals surface area contributed by atoms with Gasteiger partial charge in [-0.3, -0.25) is 4.99 Å². The smallest absolute Gasteiger partial charge is 0.334 e. The SMILES string of the molecule is C=CCN=C(N)SC/C(=C\CC)C(=O)OC. The number of methoxy groups -OCH3 is 1. The highest BCUT2D eigenvalue weighted by Crippen LogP contribution is 2.10. The first-order valence-corrected chi connectivity index (χ1v) is 5.95. The summed E-state index contributed by atoms with van der Waals surface area (Å²) in [6, 6.07) is 0. The molecule has 5 heteroatoms. The fourth-order valence-corrected chi connectivity index (χ4v) is 1.64. The van der Waals surface area contributed by atoms with Gasteiger partial charge in [0.05, 0.1) is 13.7 Å². The van der Waals surface area contributed by atoms with Gasteiger partial charge in [-0.2, -0.15) is 0 Å². The van der Waals surface area contributed by atoms with E-state index in [1.807, 2.05) is 13.0 Å². The first-order chi connectivity index (χ1) is 7.65. The summed E-state index contributed by atoms with van der Waals surface area (Å²) in [5, 5.41) is 0.450. The van der Waals surface area contributed by atoms with E-state index in [2.05, 4.69) is 16.3 Å². The number of amidine groups is 1. The third-order valence-corrected chi connectivity index (χ3v) is 2.53. The lowest BCUT2D eigenvalue weighted by Gasteiger charge is -2.04. The first kappa shape index (κ1) is 14.8. The van der Waals surface area contributed by atoms with Crippen LogP contribution in [0.15, 0.2) is 29.3 Å². The summed E-state index contributed by atoms with van der Waals surface area (Å²) >= 11 is 1.32. The van der Waals surface area contributed by atoms with Gasteiger partial charge in [-0.15, -0.1) is 6.58 Å². The summed E-state index contributed by atoms with van der Waals surface area (Å²) < 4.78 is 4.66. The molecule has 0 bridgehead atoms. The number of carbonyl (C=O) groups excluding carboxylic acids is 1. The molecule has 0 saturated heterocycles. The van der Waals surface area contributed by atoms with Gasteiger partial charge in [-0.05, 0) is 6.42 Å². The molecule has 0 spiro atoms. The molecule has 16 heavy (non-hydrogen) atoms. The Kier molecular flexibility index (Phi) is 8.34. The minimum Gasteiger partial charge on any atom is -0.466 e. The summed E-state index contributed by atoms with van der Waals surface area (Å²) in [6.07, 6.45) is 4.28. The molecule has 0 aromatic heterocycles. The molecule has 0 aliphatic carbocycles. The predicted molar refractivity (Wildman–Crippen MR) is 69.5 cm³/mol. The Bertz CT molecular complexity index is 298. The van der Waals surface area contributed by atoms with Crippen LogP contribution in [-0.2, 0) is 9.53 Å². The molecular weight excluding hydrogens is 224 g/mol. The van der Waals surface area contributed by atoms with Gasteiger partial charge in [0.1, 0.15) is 0 Å². The Balaban J connectivity index is 4.28. The largest absolute Gasteiger partial charge is 0.466 e. The van der Waals surface area contributed by atoms with Crippen LogP contribution < -0.4 is 5.73 Å². The van der Waals surface area contributed by atoms with Gasteiger partial charge in [0, 0.05) is 11.3 Å². The maximum absolute atomic E-state index is 11.3. The Hall–Kier alpha value is -1.23. The number of carbonyl (C=O) groups is 1. The molecule has 0 rings (SSSR count). The Morgan fingerprint density at radius 1 is 1.62 bits per heavy atom. The minimum atomic E-state index is -0.314. The maximum atomic E-state index is 11.3. The van der Waals surface area contributed by atoms with Crippen molar-refractivity contribution in [3.05, 3.63) is 24.3 Å². The van der Waals surface area contributed by atoms with Crippen molar-refractivity contribution in [2.45, 2.75) is 13.3 Å². The Morgan fingerprint density at radius 3 is 2.81 bits per heavy atom. The van der Waals surface area contributed by atoms with E-state index >= 15 is 0 Å². The van der Waals surface area contributed by atoms with Gasteiger partial charge in [0.25, 0.3) is 0 Å². The van der Waals surface area contributed by atoms with Crippen LogP contribution in [0.5, 0.6) is 0 Å². The number of allylic oxidation sites excluding steroid dienone is 1. The van der Waals surface area contributed by atoms with Crippen molar-refractivity contribution in [3.8, 4) is 0 Å². The summed E-state index contributed by atoms with van der Waals surface area (Å²) in [7, 11) is 1.37. The quantitative estimate of drug-likeness (QED) is 0.253. The second kappa shape index (κ2) is 9.03. The van der Waals surface area contributed by atoms with E-state index in [1.165, 1.54) is 18.9 Å². The highest BCUT2D eigenvalue weighted by Gasteiger charge is 2.09. The second-order valence-corrected chi connectivity index (χ2v) is 3.88. The van der Waals surface area contributed by atoms with Crippen molar-refractivity contribution in [1.29, 1.82) is 0 Å². The summed E-state index contributed by atoms with van der Waals surface area (Å²) in [4.78, 5) is 15.3. The predicted octanol–water partition coefficient (Wildman–Crippen LogP) is 1.73. The number of esters is 1. The van der Waals surface area contributed by atoms with Gasteiger partial charge in [-0.1, -0.05) is 30.8 Å². The normalized spacial score (nSPS) is 12.4. The van der Waals surface area contributed by atoms with E-state index in [4.69, 9.17) is 5.73 Å². The zero-order valence-corrected chi connectivity index (χ0v) is 10.5. The molecule has 0 atom stereocenters. The zero-order valence-electron chi connectivity index (χ0n) is 9.73. The van der Waals surface area contributed by atoms with Crippen molar-refractivity contribution < 1.29 is 9.53 Å². The maximum Gasteiger partial charge on any atom is 0.334 e. The van der Waals surface area contributed by atoms with Gasteiger partial charge in [0.15, 0.2) is 5.17 Å². The summed E-state index contributed by atoms with van der Waals surface area (Å²) in [5.74, 6) is 0.165. The topological polar surface area (TPSA) is 64.7 Å². The Labute approximate surface area is 101 Å². The van der Waals surface area contributed by atoms with Gasteiger partial charge < -0.3 is 10.5 Å². The minimum absolute atomic E-state index is 0.314. The lowest BCUT2D eigenvalue weighted by molar-refractivity contribution is -0.136. The number of nitrogens with two attached hydrogens (primary N) is 1. The highest BCUT2D eigenvalue weighted by atomic mass is 32.2. The van der Waals surface area contributed by atoms with Crippen LogP contribution in [0.2, 0.25) is 0 Å². The van der Waals surface area contributed by atoms with E-state index in [0.717, 1.165) is 6.42 Å². The Morgan fingerprint density at radius 2 is 2.31 bits per heavy atom. The highest BCUT2D eigenvalue weighted by molar-refractivity contribution is 8.13. The van der Waals surface area contributed by atoms with Crippen LogP contribution in [0.1, 0.15) is 13.3 Å². The number of ether oxygens (including phenoxy) is 1. The van der Waals surface area contributed by atoms with Crippen LogP contribution >= 0.6 is 11.8 Å². The number of rotatable bonds is 6. The molecule has 0 amide bonds. The molecule has 0 saturated carbocycles. The van der Waals surface area contributed by atoms with E-state index < -0.39 is 0 Å². The monoisotopic (exact) mass is 242 g/mol. The average Bonchev–Trinajstić information content (AvgIpc) is 2.30. The van der Waals surface area contributed by atoms with Crippen molar-refractivity contribution in [3.63, 3.8) is 0 Å². The standard InChI is InChI=1S/C11H18N2O2S/c1-4-6-9(10(14)15-3)8-16-11(12)13-7-5-2/h5-6H,2,4,7-8H2,1,3H3,(H2,12,13)/b9-6+. The molecule has 0 aromatic rings. The van der Waals surface area contributed by atoms with Gasteiger partial charge in [0.2, 0.25) is 0 Å². The van der Waals surface area contributed by atoms with Crippen LogP contribution in [0.4, 0.5) is 0 Å². The molecule has 0 unspecified atom stereocenters. The van der Waals surface area contributed by atoms with Crippen LogP contribution in [0.25, 0.3) is 0 Å². The summed E-state index contributed by atoms with van der Waals surface area (Å²) in [5.41, 5.74) is 6.25. The fraction of sp³-hybridized carbons (Fsp3) is 0.455. The number of nitrogens with zero attached hydrogens (tertiary/aromatic N) is 1. The molecule has 0 heterocycles. The zero-order chi connectivity index (χ0) is 12.4. The number of hydrogen-bond donors (Lipinski definition) is 1. The van der Waals surface area contributed by atoms with Crippen LogP contribution in [0.3, 0.4) is 0 Å². The molecule has 0 aliphatic rings. The molecule has 2 N–H and O–H groups in total. The molecule has 0 fully saturated rings. The number of thioether (sulfide) groups is 1. The van der Waals surface area contributed by atoms with Crippen LogP contribution in [-0.4, -0.2) is 30.5 Å². The summed E-state index contributed by atoms with van der Waals surface area (Å²) in [6.45, 7) is 5.99. The lowest BCUT2D eigenvalue weighted by Crippen LogP contribution is -2.12. The molecule has 0 aromatic carbocycles. The van der Waals surface area contributed by atoms with Gasteiger partial charge in [-0.25, -0.2) is 4.79 Å². The second-order valence-electron chi connectivity index (χ2n) is 2.89. The van der Waals surface area contributed by atoms with E-state index in [1.54, 1.807) is 6.08 Å².